The normalized spacial score (nSPS) is 46.4. The summed E-state index contributed by atoms with van der Waals surface area (Å²) in [5, 5.41) is 3.76. The number of likely N-dealkylation sites (tertiary alicyclic amines) is 1. The van der Waals surface area contributed by atoms with E-state index in [1.165, 1.54) is 25.8 Å². The van der Waals surface area contributed by atoms with E-state index in [1.54, 1.807) is 0 Å². The van der Waals surface area contributed by atoms with Crippen molar-refractivity contribution in [3.8, 4) is 0 Å². The lowest BCUT2D eigenvalue weighted by Crippen LogP contribution is -2.46. The fourth-order valence-corrected chi connectivity index (χ4v) is 2.69. The molecule has 2 heteroatoms. The summed E-state index contributed by atoms with van der Waals surface area (Å²) in [7, 11) is 2.23. The predicted octanol–water partition coefficient (Wildman–Crippen LogP) is 1.47. The van der Waals surface area contributed by atoms with Crippen molar-refractivity contribution >= 4 is 0 Å². The molecule has 13 heavy (non-hydrogen) atoms. The third kappa shape index (κ3) is 2.05. The van der Waals surface area contributed by atoms with Gasteiger partial charge >= 0.3 is 0 Å². The third-order valence-corrected chi connectivity index (χ3v) is 3.73. The van der Waals surface area contributed by atoms with Crippen molar-refractivity contribution in [2.24, 2.45) is 5.92 Å². The van der Waals surface area contributed by atoms with Crippen LogP contribution < -0.4 is 5.32 Å². The van der Waals surface area contributed by atoms with E-state index in [1.807, 2.05) is 0 Å². The van der Waals surface area contributed by atoms with Crippen molar-refractivity contribution in [3.63, 3.8) is 0 Å². The number of nitrogens with one attached hydrogen (secondary N) is 1. The van der Waals surface area contributed by atoms with Crippen LogP contribution in [0, 0.1) is 5.92 Å². The molecule has 0 aromatic heterocycles. The molecule has 76 valence electrons. The molecule has 1 saturated carbocycles. The zero-order chi connectivity index (χ0) is 9.42. The molecule has 2 unspecified atom stereocenters. The van der Waals surface area contributed by atoms with Crippen molar-refractivity contribution in [1.29, 1.82) is 0 Å². The zero-order valence-corrected chi connectivity index (χ0v) is 9.09. The Labute approximate surface area is 81.7 Å². The Kier molecular flexibility index (Phi) is 2.61. The van der Waals surface area contributed by atoms with E-state index in [2.05, 4.69) is 31.1 Å². The van der Waals surface area contributed by atoms with Gasteiger partial charge in [-0.05, 0) is 39.2 Å². The first-order valence-corrected chi connectivity index (χ1v) is 5.61. The molecule has 0 bridgehead atoms. The molecule has 0 spiro atoms. The Morgan fingerprint density at radius 1 is 1.08 bits per heavy atom. The van der Waals surface area contributed by atoms with Crippen LogP contribution in [0.15, 0.2) is 0 Å². The van der Waals surface area contributed by atoms with Crippen LogP contribution in [0.3, 0.4) is 0 Å². The molecule has 2 fully saturated rings. The van der Waals surface area contributed by atoms with Crippen molar-refractivity contribution in [2.45, 2.75) is 51.2 Å². The van der Waals surface area contributed by atoms with Gasteiger partial charge in [-0.25, -0.2) is 0 Å². The Balaban J connectivity index is 1.72. The summed E-state index contributed by atoms with van der Waals surface area (Å²) in [6.07, 6.45) is 4.13. The second-order valence-corrected chi connectivity index (χ2v) is 5.16. The summed E-state index contributed by atoms with van der Waals surface area (Å²) in [5.41, 5.74) is 0. The van der Waals surface area contributed by atoms with Gasteiger partial charge in [0.05, 0.1) is 0 Å². The fraction of sp³-hybridized carbons (Fsp3) is 1.00. The highest BCUT2D eigenvalue weighted by Gasteiger charge is 2.31. The minimum Gasteiger partial charge on any atom is -0.310 e. The zero-order valence-electron chi connectivity index (χ0n) is 9.09. The lowest BCUT2D eigenvalue weighted by molar-refractivity contribution is 0.221. The van der Waals surface area contributed by atoms with Crippen LogP contribution in [0.5, 0.6) is 0 Å². The van der Waals surface area contributed by atoms with Gasteiger partial charge in [-0.3, -0.25) is 0 Å². The van der Waals surface area contributed by atoms with Crippen LogP contribution in [-0.2, 0) is 0 Å². The molecular weight excluding hydrogens is 160 g/mol. The van der Waals surface area contributed by atoms with E-state index >= 15 is 0 Å². The van der Waals surface area contributed by atoms with E-state index in [0.29, 0.717) is 0 Å². The van der Waals surface area contributed by atoms with Gasteiger partial charge in [0.15, 0.2) is 0 Å². The highest BCUT2D eigenvalue weighted by Crippen LogP contribution is 2.28. The van der Waals surface area contributed by atoms with Gasteiger partial charge in [0, 0.05) is 24.7 Å². The smallest absolute Gasteiger partial charge is 0.0212 e. The minimum atomic E-state index is 0.762. The molecule has 1 aliphatic carbocycles. The number of likely N-dealkylation sites (N-methyl/N-ethyl adjacent to an activating group) is 1. The average molecular weight is 182 g/mol. The topological polar surface area (TPSA) is 15.3 Å². The maximum Gasteiger partial charge on any atom is 0.0212 e. The lowest BCUT2D eigenvalue weighted by atomic mass is 9.81. The quantitative estimate of drug-likeness (QED) is 0.695. The van der Waals surface area contributed by atoms with Gasteiger partial charge in [0.2, 0.25) is 0 Å². The standard InChI is InChI=1S/C11H22N2/c1-8-4-10(5-8)12-11-6-9(2)13(3)7-11/h8-12H,4-7H2,1-3H3. The van der Waals surface area contributed by atoms with Crippen molar-refractivity contribution in [3.05, 3.63) is 0 Å². The first-order valence-electron chi connectivity index (χ1n) is 5.61. The van der Waals surface area contributed by atoms with E-state index < -0.39 is 0 Å². The summed E-state index contributed by atoms with van der Waals surface area (Å²) in [6.45, 7) is 5.92. The van der Waals surface area contributed by atoms with E-state index in [4.69, 9.17) is 0 Å². The average Bonchev–Trinajstić information content (AvgIpc) is 2.28. The van der Waals surface area contributed by atoms with Gasteiger partial charge in [0.1, 0.15) is 0 Å². The van der Waals surface area contributed by atoms with E-state index in [9.17, 15) is 0 Å². The molecule has 1 aliphatic heterocycles. The highest BCUT2D eigenvalue weighted by molar-refractivity contribution is 4.91. The Morgan fingerprint density at radius 2 is 1.77 bits per heavy atom. The first-order chi connectivity index (χ1) is 6.15. The molecule has 1 N–H and O–H groups in total. The number of rotatable bonds is 2. The van der Waals surface area contributed by atoms with Crippen LogP contribution in [-0.4, -0.2) is 36.6 Å². The summed E-state index contributed by atoms with van der Waals surface area (Å²) in [6, 6.07) is 2.37. The van der Waals surface area contributed by atoms with Crippen LogP contribution in [0.4, 0.5) is 0 Å². The van der Waals surface area contributed by atoms with E-state index in [-0.39, 0.29) is 0 Å². The maximum atomic E-state index is 3.76. The predicted molar refractivity (Wildman–Crippen MR) is 55.8 cm³/mol. The molecule has 1 heterocycles. The molecule has 0 aromatic carbocycles. The monoisotopic (exact) mass is 182 g/mol. The molecule has 2 aliphatic rings. The third-order valence-electron chi connectivity index (χ3n) is 3.73. The molecular formula is C11H22N2. The largest absolute Gasteiger partial charge is 0.310 e. The van der Waals surface area contributed by atoms with Crippen molar-refractivity contribution < 1.29 is 0 Å². The van der Waals surface area contributed by atoms with Crippen molar-refractivity contribution in [2.75, 3.05) is 13.6 Å². The number of hydrogen-bond acceptors (Lipinski definition) is 2. The van der Waals surface area contributed by atoms with Crippen molar-refractivity contribution in [1.82, 2.24) is 10.2 Å². The Bertz CT molecular complexity index is 165. The SMILES string of the molecule is CC1CC(NC2CC(C)N(C)C2)C1. The van der Waals surface area contributed by atoms with Crippen LogP contribution in [0.25, 0.3) is 0 Å². The van der Waals surface area contributed by atoms with Gasteiger partial charge in [-0.15, -0.1) is 0 Å². The highest BCUT2D eigenvalue weighted by atomic mass is 15.2. The second-order valence-electron chi connectivity index (χ2n) is 5.16. The molecule has 2 nitrogen and oxygen atoms in total. The van der Waals surface area contributed by atoms with Gasteiger partial charge in [-0.2, -0.15) is 0 Å². The summed E-state index contributed by atoms with van der Waals surface area (Å²) >= 11 is 0. The number of hydrogen-bond donors (Lipinski definition) is 1. The maximum absolute atomic E-state index is 3.76. The Morgan fingerprint density at radius 3 is 2.23 bits per heavy atom. The summed E-state index contributed by atoms with van der Waals surface area (Å²) < 4.78 is 0. The first kappa shape index (κ1) is 9.47. The summed E-state index contributed by atoms with van der Waals surface area (Å²) in [4.78, 5) is 2.46. The molecule has 0 amide bonds. The molecule has 0 aromatic rings. The molecule has 1 saturated heterocycles. The summed E-state index contributed by atoms with van der Waals surface area (Å²) in [5.74, 6) is 0.967. The minimum absolute atomic E-state index is 0.762. The van der Waals surface area contributed by atoms with Crippen LogP contribution in [0.2, 0.25) is 0 Å². The second kappa shape index (κ2) is 3.58. The molecule has 2 rings (SSSR count). The van der Waals surface area contributed by atoms with Gasteiger partial charge in [0.25, 0.3) is 0 Å². The van der Waals surface area contributed by atoms with Crippen LogP contribution >= 0.6 is 0 Å². The van der Waals surface area contributed by atoms with Gasteiger partial charge in [-0.1, -0.05) is 6.92 Å². The Hall–Kier alpha value is -0.0800. The fourth-order valence-electron chi connectivity index (χ4n) is 2.69. The molecule has 0 radical (unpaired) electrons. The molecule has 2 atom stereocenters. The van der Waals surface area contributed by atoms with Crippen LogP contribution in [0.1, 0.15) is 33.1 Å². The van der Waals surface area contributed by atoms with Gasteiger partial charge < -0.3 is 10.2 Å². The lowest BCUT2D eigenvalue weighted by Gasteiger charge is -2.35. The number of nitrogens with zero attached hydrogens (tertiary/aromatic N) is 1. The van der Waals surface area contributed by atoms with E-state index in [0.717, 1.165) is 24.0 Å².